The van der Waals surface area contributed by atoms with Crippen molar-refractivity contribution in [2.24, 2.45) is 35.5 Å². The average Bonchev–Trinajstić information content (AvgIpc) is 2.60. The Labute approximate surface area is 103 Å². The molecule has 0 heterocycles. The number of allylic oxidation sites excluding steroid dienone is 1. The van der Waals surface area contributed by atoms with E-state index >= 15 is 0 Å². The number of hydrogen-bond acceptors (Lipinski definition) is 2. The van der Waals surface area contributed by atoms with Crippen LogP contribution in [0.5, 0.6) is 0 Å². The van der Waals surface area contributed by atoms with Crippen LogP contribution in [0.2, 0.25) is 0 Å². The van der Waals surface area contributed by atoms with Gasteiger partial charge in [-0.25, -0.2) is 0 Å². The summed E-state index contributed by atoms with van der Waals surface area (Å²) in [7, 11) is 0. The molecule has 0 saturated heterocycles. The van der Waals surface area contributed by atoms with Crippen molar-refractivity contribution in [3.8, 4) is 0 Å². The molecule has 0 bridgehead atoms. The minimum atomic E-state index is -0.297. The number of carbonyl (C=O) groups excluding carboxylic acids is 1. The van der Waals surface area contributed by atoms with E-state index in [0.717, 1.165) is 24.2 Å². The van der Waals surface area contributed by atoms with Gasteiger partial charge in [-0.1, -0.05) is 26.3 Å². The first kappa shape index (κ1) is 11.5. The second-order valence-electron chi connectivity index (χ2n) is 6.39. The largest absolute Gasteiger partial charge is 0.392 e. The molecule has 3 rings (SSSR count). The van der Waals surface area contributed by atoms with E-state index in [1.807, 2.05) is 0 Å². The van der Waals surface area contributed by atoms with E-state index < -0.39 is 0 Å². The molecule has 7 atom stereocenters. The van der Waals surface area contributed by atoms with Crippen LogP contribution in [0.3, 0.4) is 0 Å². The van der Waals surface area contributed by atoms with Crippen molar-refractivity contribution in [3.63, 3.8) is 0 Å². The zero-order valence-electron chi connectivity index (χ0n) is 10.7. The van der Waals surface area contributed by atoms with Crippen molar-refractivity contribution in [1.29, 1.82) is 0 Å². The Morgan fingerprint density at radius 1 is 1.29 bits per heavy atom. The van der Waals surface area contributed by atoms with Crippen LogP contribution in [-0.4, -0.2) is 17.5 Å². The first-order valence-electron chi connectivity index (χ1n) is 6.98. The van der Waals surface area contributed by atoms with Gasteiger partial charge in [-0.3, -0.25) is 4.79 Å². The predicted octanol–water partition coefficient (Wildman–Crippen LogP) is 2.42. The summed E-state index contributed by atoms with van der Waals surface area (Å²) in [5.74, 6) is 3.15. The van der Waals surface area contributed by atoms with Gasteiger partial charge < -0.3 is 5.11 Å². The summed E-state index contributed by atoms with van der Waals surface area (Å²) < 4.78 is 0. The molecule has 0 aromatic rings. The lowest BCUT2D eigenvalue weighted by Crippen LogP contribution is -2.38. The molecule has 2 heteroatoms. The molecule has 17 heavy (non-hydrogen) atoms. The molecular weight excluding hydrogens is 212 g/mol. The van der Waals surface area contributed by atoms with Crippen molar-refractivity contribution in [2.45, 2.75) is 39.2 Å². The van der Waals surface area contributed by atoms with Gasteiger partial charge in [0.2, 0.25) is 0 Å². The Hall–Kier alpha value is -0.630. The second-order valence-corrected chi connectivity index (χ2v) is 6.39. The fourth-order valence-electron chi connectivity index (χ4n) is 4.86. The Bertz CT molecular complexity index is 360. The Balaban J connectivity index is 2.02. The molecule has 3 aliphatic carbocycles. The normalized spacial score (nSPS) is 52.9. The molecule has 2 nitrogen and oxygen atoms in total. The topological polar surface area (TPSA) is 37.3 Å². The first-order valence-corrected chi connectivity index (χ1v) is 6.98. The molecule has 3 aliphatic rings. The highest BCUT2D eigenvalue weighted by molar-refractivity contribution is 5.75. The highest BCUT2D eigenvalue weighted by atomic mass is 16.3. The van der Waals surface area contributed by atoms with E-state index in [4.69, 9.17) is 0 Å². The lowest BCUT2D eigenvalue weighted by molar-refractivity contribution is -0.106. The van der Waals surface area contributed by atoms with Crippen molar-refractivity contribution < 1.29 is 9.90 Å². The number of hydrogen-bond donors (Lipinski definition) is 1. The second kappa shape index (κ2) is 3.94. The van der Waals surface area contributed by atoms with Gasteiger partial charge in [0.1, 0.15) is 6.29 Å². The number of carbonyl (C=O) groups is 1. The third-order valence-corrected chi connectivity index (χ3v) is 5.82. The van der Waals surface area contributed by atoms with Gasteiger partial charge in [0.25, 0.3) is 0 Å². The fourth-order valence-corrected chi connectivity index (χ4v) is 4.86. The maximum Gasteiger partial charge on any atom is 0.146 e. The van der Waals surface area contributed by atoms with Gasteiger partial charge in [-0.2, -0.15) is 0 Å². The van der Waals surface area contributed by atoms with E-state index in [1.54, 1.807) is 0 Å². The first-order chi connectivity index (χ1) is 8.15. The quantitative estimate of drug-likeness (QED) is 0.707. The summed E-state index contributed by atoms with van der Waals surface area (Å²) in [6.07, 6.45) is 6.36. The molecule has 1 N–H and O–H groups in total. The molecule has 0 spiro atoms. The van der Waals surface area contributed by atoms with E-state index in [1.165, 1.54) is 12.8 Å². The zero-order valence-corrected chi connectivity index (χ0v) is 10.7. The number of aldehydes is 1. The lowest BCUT2D eigenvalue weighted by atomic mass is 9.61. The zero-order chi connectivity index (χ0) is 12.2. The molecular formula is C15H22O2. The third kappa shape index (κ3) is 1.46. The van der Waals surface area contributed by atoms with Gasteiger partial charge in [-0.15, -0.1) is 0 Å². The Kier molecular flexibility index (Phi) is 2.66. The van der Waals surface area contributed by atoms with Gasteiger partial charge in [0.15, 0.2) is 0 Å². The SMILES string of the molecule is C[C@@H]1[C@H](O)[C@@H]2C(C=O)=CC[C@H]3[C@@H]2[C@H]1CC[C@H]3C. The van der Waals surface area contributed by atoms with Crippen LogP contribution in [0.4, 0.5) is 0 Å². The molecule has 94 valence electrons. The fraction of sp³-hybridized carbons (Fsp3) is 0.800. The van der Waals surface area contributed by atoms with E-state index in [2.05, 4.69) is 19.9 Å². The van der Waals surface area contributed by atoms with Gasteiger partial charge >= 0.3 is 0 Å². The summed E-state index contributed by atoms with van der Waals surface area (Å²) in [6, 6.07) is 0. The van der Waals surface area contributed by atoms with Crippen molar-refractivity contribution in [1.82, 2.24) is 0 Å². The van der Waals surface area contributed by atoms with Gasteiger partial charge in [0, 0.05) is 5.92 Å². The summed E-state index contributed by atoms with van der Waals surface area (Å²) in [5.41, 5.74) is 0.877. The minimum absolute atomic E-state index is 0.133. The Morgan fingerprint density at radius 2 is 2.06 bits per heavy atom. The molecule has 0 amide bonds. The maximum absolute atomic E-state index is 11.2. The number of aliphatic hydroxyl groups excluding tert-OH is 1. The number of rotatable bonds is 1. The van der Waals surface area contributed by atoms with E-state index in [0.29, 0.717) is 23.7 Å². The summed E-state index contributed by atoms with van der Waals surface area (Å²) in [6.45, 7) is 4.51. The smallest absolute Gasteiger partial charge is 0.146 e. The monoisotopic (exact) mass is 234 g/mol. The van der Waals surface area contributed by atoms with Crippen molar-refractivity contribution >= 4 is 6.29 Å². The lowest BCUT2D eigenvalue weighted by Gasteiger charge is -2.44. The molecule has 0 aromatic carbocycles. The van der Waals surface area contributed by atoms with Gasteiger partial charge in [-0.05, 0) is 48.0 Å². The van der Waals surface area contributed by atoms with Crippen LogP contribution >= 0.6 is 0 Å². The molecule has 2 saturated carbocycles. The summed E-state index contributed by atoms with van der Waals surface area (Å²) >= 11 is 0. The summed E-state index contributed by atoms with van der Waals surface area (Å²) in [5, 5.41) is 10.4. The predicted molar refractivity (Wildman–Crippen MR) is 66.3 cm³/mol. The van der Waals surface area contributed by atoms with Crippen LogP contribution in [0.15, 0.2) is 11.6 Å². The Morgan fingerprint density at radius 3 is 2.76 bits per heavy atom. The minimum Gasteiger partial charge on any atom is -0.392 e. The molecule has 0 radical (unpaired) electrons. The molecule has 0 unspecified atom stereocenters. The molecule has 2 fully saturated rings. The van der Waals surface area contributed by atoms with Crippen LogP contribution in [0.25, 0.3) is 0 Å². The van der Waals surface area contributed by atoms with Crippen LogP contribution in [0, 0.1) is 35.5 Å². The maximum atomic E-state index is 11.2. The number of aliphatic hydroxyl groups is 1. The third-order valence-electron chi connectivity index (χ3n) is 5.82. The van der Waals surface area contributed by atoms with Crippen LogP contribution < -0.4 is 0 Å². The average molecular weight is 234 g/mol. The standard InChI is InChI=1S/C15H22O2/c1-8-3-5-12-9(2)15(17)13-10(7-16)4-6-11(8)14(12)13/h4,7-9,11-15,17H,3,5-6H2,1-2H3/t8-,9+,11-,12+,13-,14-,15+/m1/s1. The molecule has 0 aliphatic heterocycles. The van der Waals surface area contributed by atoms with E-state index in [-0.39, 0.29) is 12.0 Å². The molecule has 0 aromatic heterocycles. The van der Waals surface area contributed by atoms with Crippen LogP contribution in [0.1, 0.15) is 33.1 Å². The van der Waals surface area contributed by atoms with Crippen molar-refractivity contribution in [3.05, 3.63) is 11.6 Å². The highest BCUT2D eigenvalue weighted by Crippen LogP contribution is 2.57. The summed E-state index contributed by atoms with van der Waals surface area (Å²) in [4.78, 5) is 11.2. The van der Waals surface area contributed by atoms with Gasteiger partial charge in [0.05, 0.1) is 6.10 Å². The highest BCUT2D eigenvalue weighted by Gasteiger charge is 2.55. The van der Waals surface area contributed by atoms with Crippen LogP contribution in [-0.2, 0) is 4.79 Å². The van der Waals surface area contributed by atoms with E-state index in [9.17, 15) is 9.90 Å². The van der Waals surface area contributed by atoms with Crippen molar-refractivity contribution in [2.75, 3.05) is 0 Å².